The van der Waals surface area contributed by atoms with E-state index >= 15 is 0 Å². The zero-order chi connectivity index (χ0) is 26.6. The highest BCUT2D eigenvalue weighted by Gasteiger charge is 2.42. The number of carbonyl (C=O) groups excluding carboxylic acids is 3. The first kappa shape index (κ1) is 28.0. The first-order valence-corrected chi connectivity index (χ1v) is 12.6. The molecule has 1 aromatic carbocycles. The van der Waals surface area contributed by atoms with E-state index in [0.29, 0.717) is 23.6 Å². The molecule has 2 N–H and O–H groups in total. The van der Waals surface area contributed by atoms with Crippen LogP contribution in [0.4, 0.5) is 5.69 Å². The van der Waals surface area contributed by atoms with Crippen LogP contribution in [0.2, 0.25) is 0 Å². The normalized spacial score (nSPS) is 27.4. The van der Waals surface area contributed by atoms with E-state index in [0.717, 1.165) is 30.5 Å². The van der Waals surface area contributed by atoms with Crippen molar-refractivity contribution in [2.24, 2.45) is 11.3 Å². The van der Waals surface area contributed by atoms with Gasteiger partial charge in [0.25, 0.3) is 5.91 Å². The summed E-state index contributed by atoms with van der Waals surface area (Å²) in [4.78, 5) is 41.3. The van der Waals surface area contributed by atoms with Crippen LogP contribution in [0.1, 0.15) is 57.6 Å². The third-order valence-corrected chi connectivity index (χ3v) is 7.62. The molecule has 0 aliphatic carbocycles. The average molecular weight is 507 g/mol. The second kappa shape index (κ2) is 11.6. The van der Waals surface area contributed by atoms with Gasteiger partial charge in [-0.15, -0.1) is 0 Å². The molecule has 36 heavy (non-hydrogen) atoms. The predicted octanol–water partition coefficient (Wildman–Crippen LogP) is 4.02. The van der Waals surface area contributed by atoms with Crippen molar-refractivity contribution in [3.63, 3.8) is 0 Å². The number of amides is 3. The summed E-state index contributed by atoms with van der Waals surface area (Å²) >= 11 is 2.53. The van der Waals surface area contributed by atoms with Crippen molar-refractivity contribution in [3.8, 4) is 0 Å². The predicted molar refractivity (Wildman–Crippen MR) is 147 cm³/mol. The van der Waals surface area contributed by atoms with Crippen LogP contribution < -0.4 is 10.2 Å². The highest BCUT2D eigenvalue weighted by atomic mass is 32.1. The lowest BCUT2D eigenvalue weighted by molar-refractivity contribution is -0.135. The Morgan fingerprint density at radius 3 is 2.61 bits per heavy atom. The largest absolute Gasteiger partial charge is 0.351 e. The number of hydrogen-bond donors (Lipinski definition) is 3. The number of allylic oxidation sites excluding steroid dienone is 3. The van der Waals surface area contributed by atoms with Crippen LogP contribution in [0.25, 0.3) is 11.6 Å². The number of anilines is 1. The number of piperidine rings is 1. The number of benzene rings is 1. The number of nitrogens with one attached hydrogen (secondary N) is 1. The monoisotopic (exact) mass is 507 g/mol. The van der Waals surface area contributed by atoms with E-state index in [1.165, 1.54) is 4.90 Å². The number of hydrogen-bond acceptors (Lipinski definition) is 6. The van der Waals surface area contributed by atoms with Crippen LogP contribution in [0.15, 0.2) is 43.0 Å². The van der Waals surface area contributed by atoms with Gasteiger partial charge in [0, 0.05) is 23.6 Å². The van der Waals surface area contributed by atoms with Crippen molar-refractivity contribution in [3.05, 3.63) is 54.1 Å². The zero-order valence-corrected chi connectivity index (χ0v) is 22.0. The van der Waals surface area contributed by atoms with E-state index in [9.17, 15) is 14.4 Å². The molecule has 4 rings (SSSR count). The van der Waals surface area contributed by atoms with Crippen LogP contribution in [-0.4, -0.2) is 53.7 Å². The Hall–Kier alpha value is -2.62. The lowest BCUT2D eigenvalue weighted by Crippen LogP contribution is -2.53. The van der Waals surface area contributed by atoms with E-state index in [1.54, 1.807) is 6.08 Å². The molecule has 2 saturated heterocycles. The Morgan fingerprint density at radius 2 is 1.94 bits per heavy atom. The molecule has 3 aliphatic heterocycles. The molecule has 3 atom stereocenters. The second-order valence-corrected chi connectivity index (χ2v) is 10.2. The van der Waals surface area contributed by atoms with Gasteiger partial charge in [-0.2, -0.15) is 0 Å². The average Bonchev–Trinajstić information content (AvgIpc) is 3.08. The van der Waals surface area contributed by atoms with Crippen molar-refractivity contribution >= 4 is 55.9 Å². The smallest absolute Gasteiger partial charge is 0.259 e. The SMILES string of the molecule is OS.[B]N1CCC(/C=C/C=C2/C(=O)N(C3CCC(=O)NC3=O)c3cccc(C=C)c32)CC(C)(C)C1C. The number of rotatable bonds is 4. The maximum Gasteiger partial charge on any atom is 0.259 e. The van der Waals surface area contributed by atoms with Gasteiger partial charge in [-0.05, 0) is 67.8 Å². The molecule has 9 heteroatoms. The highest BCUT2D eigenvalue weighted by Crippen LogP contribution is 2.42. The molecular weight excluding hydrogens is 473 g/mol. The summed E-state index contributed by atoms with van der Waals surface area (Å²) in [6.45, 7) is 11.4. The van der Waals surface area contributed by atoms with Crippen molar-refractivity contribution < 1.29 is 18.9 Å². The molecule has 2 fully saturated rings. The van der Waals surface area contributed by atoms with Crippen molar-refractivity contribution in [1.82, 2.24) is 10.1 Å². The molecule has 0 aromatic heterocycles. The molecule has 3 heterocycles. The molecule has 0 saturated carbocycles. The summed E-state index contributed by atoms with van der Waals surface area (Å²) in [5.74, 6) is -0.619. The van der Waals surface area contributed by atoms with Gasteiger partial charge in [0.05, 0.1) is 5.69 Å². The third kappa shape index (κ3) is 5.53. The van der Waals surface area contributed by atoms with Crippen LogP contribution in [0.5, 0.6) is 0 Å². The summed E-state index contributed by atoms with van der Waals surface area (Å²) < 4.78 is 6.69. The maximum atomic E-state index is 13.6. The van der Waals surface area contributed by atoms with Crippen molar-refractivity contribution in [2.75, 3.05) is 11.4 Å². The molecule has 0 spiro atoms. The Labute approximate surface area is 220 Å². The van der Waals surface area contributed by atoms with Crippen molar-refractivity contribution in [2.45, 2.75) is 58.5 Å². The quantitative estimate of drug-likeness (QED) is 0.188. The minimum Gasteiger partial charge on any atom is -0.351 e. The summed E-state index contributed by atoms with van der Waals surface area (Å²) in [6, 6.07) is 5.19. The summed E-state index contributed by atoms with van der Waals surface area (Å²) in [7, 11) is 6.24. The van der Waals surface area contributed by atoms with Crippen LogP contribution >= 0.6 is 12.9 Å². The van der Waals surface area contributed by atoms with Crippen LogP contribution in [-0.2, 0) is 14.4 Å². The standard InChI is InChI=1S/C27H32BN3O3.H2OS/c1-5-19-9-7-11-21-24(19)20(26(34)31(21)22-12-13-23(32)29-25(22)33)10-6-8-18-14-15-30(28)17(2)27(3,4)16-18;1-2/h5-11,17-18,22H,1,12-16H2,2-4H3,(H,29,32,33);1-2H/b8-6+,20-10+;. The second-order valence-electron chi connectivity index (χ2n) is 10.2. The number of fused-ring (bicyclic) bond motifs is 1. The molecule has 0 bridgehead atoms. The Morgan fingerprint density at radius 1 is 1.22 bits per heavy atom. The molecule has 3 unspecified atom stereocenters. The van der Waals surface area contributed by atoms with Gasteiger partial charge < -0.3 is 9.36 Å². The fourth-order valence-electron chi connectivity index (χ4n) is 5.34. The van der Waals surface area contributed by atoms with Gasteiger partial charge in [-0.1, -0.05) is 57.7 Å². The Balaban J connectivity index is 0.00000176. The lowest BCUT2D eigenvalue weighted by Gasteiger charge is -2.36. The number of thiol groups is 1. The lowest BCUT2D eigenvalue weighted by atomic mass is 9.77. The Bertz CT molecular complexity index is 1100. The molecule has 190 valence electrons. The fourth-order valence-corrected chi connectivity index (χ4v) is 5.34. The van der Waals surface area contributed by atoms with Gasteiger partial charge >= 0.3 is 0 Å². The molecule has 2 radical (unpaired) electrons. The zero-order valence-electron chi connectivity index (χ0n) is 21.1. The first-order valence-electron chi connectivity index (χ1n) is 12.2. The summed E-state index contributed by atoms with van der Waals surface area (Å²) in [6.07, 6.45) is 10.2. The molecule has 3 amide bonds. The summed E-state index contributed by atoms with van der Waals surface area (Å²) in [5.41, 5.74) is 2.90. The molecular formula is C27H34BN3O4S. The minimum absolute atomic E-state index is 0.0712. The topological polar surface area (TPSA) is 89.9 Å². The summed E-state index contributed by atoms with van der Waals surface area (Å²) in [5, 5.41) is 2.37. The number of imide groups is 1. The van der Waals surface area contributed by atoms with Gasteiger partial charge in [0.2, 0.25) is 11.8 Å². The molecule has 3 aliphatic rings. The van der Waals surface area contributed by atoms with Crippen LogP contribution in [0, 0.1) is 11.3 Å². The van der Waals surface area contributed by atoms with Crippen molar-refractivity contribution in [1.29, 1.82) is 0 Å². The minimum atomic E-state index is -0.710. The third-order valence-electron chi connectivity index (χ3n) is 7.62. The number of carbonyl (C=O) groups is 3. The van der Waals surface area contributed by atoms with Gasteiger partial charge in [0.1, 0.15) is 6.04 Å². The van der Waals surface area contributed by atoms with Crippen LogP contribution in [0.3, 0.4) is 0 Å². The number of nitrogens with zero attached hydrogens (tertiary/aromatic N) is 2. The highest BCUT2D eigenvalue weighted by molar-refractivity contribution is 7.74. The first-order chi connectivity index (χ1) is 17.1. The van der Waals surface area contributed by atoms with Gasteiger partial charge in [-0.25, -0.2) is 0 Å². The van der Waals surface area contributed by atoms with E-state index in [4.69, 9.17) is 12.5 Å². The van der Waals surface area contributed by atoms with E-state index in [2.05, 4.69) is 51.7 Å². The maximum absolute atomic E-state index is 13.6. The van der Waals surface area contributed by atoms with E-state index in [1.807, 2.05) is 35.2 Å². The van der Waals surface area contributed by atoms with Gasteiger partial charge in [0.15, 0.2) is 7.98 Å². The van der Waals surface area contributed by atoms with Gasteiger partial charge in [-0.3, -0.25) is 24.6 Å². The fraction of sp³-hybridized carbons (Fsp3) is 0.444. The Kier molecular flexibility index (Phi) is 9.03. The molecule has 7 nitrogen and oxygen atoms in total. The molecule has 1 aromatic rings. The van der Waals surface area contributed by atoms with E-state index in [-0.39, 0.29) is 29.7 Å². The van der Waals surface area contributed by atoms with E-state index < -0.39 is 11.9 Å².